The van der Waals surface area contributed by atoms with Gasteiger partial charge in [0, 0.05) is 6.21 Å². The summed E-state index contributed by atoms with van der Waals surface area (Å²) in [5.74, 6) is 0.948. The van der Waals surface area contributed by atoms with Crippen LogP contribution in [-0.4, -0.2) is 82.8 Å². The maximum absolute atomic E-state index is 11.0. The van der Waals surface area contributed by atoms with Gasteiger partial charge in [-0.05, 0) is 18.8 Å². The van der Waals surface area contributed by atoms with Crippen LogP contribution in [0.25, 0.3) is 0 Å². The number of amidine groups is 1. The van der Waals surface area contributed by atoms with Crippen LogP contribution in [0, 0.1) is 10.8 Å². The van der Waals surface area contributed by atoms with E-state index in [2.05, 4.69) is 30.7 Å². The SMILES string of the molecule is NC1=NC(N/N=C\C2CCCCC2)=NC2C1N=CN2C1OC(CO)[C@@H](N=O)[C@H]1O. The lowest BCUT2D eigenvalue weighted by atomic mass is 9.90. The molecule has 3 heterocycles. The predicted molar refractivity (Wildman–Crippen MR) is 107 cm³/mol. The van der Waals surface area contributed by atoms with Crippen molar-refractivity contribution in [3.05, 3.63) is 4.91 Å². The van der Waals surface area contributed by atoms with E-state index in [9.17, 15) is 15.1 Å². The zero-order valence-electron chi connectivity index (χ0n) is 15.9. The fourth-order valence-electron chi connectivity index (χ4n) is 4.18. The number of nitrogens with two attached hydrogens (primary N) is 1. The second-order valence-corrected chi connectivity index (χ2v) is 7.68. The van der Waals surface area contributed by atoms with Crippen LogP contribution in [0.3, 0.4) is 0 Å². The summed E-state index contributed by atoms with van der Waals surface area (Å²) in [4.78, 5) is 25.6. The highest BCUT2D eigenvalue weighted by Gasteiger charge is 2.51. The van der Waals surface area contributed by atoms with Gasteiger partial charge in [0.1, 0.15) is 24.1 Å². The third-order valence-electron chi connectivity index (χ3n) is 5.77. The molecule has 0 radical (unpaired) electrons. The fraction of sp³-hybridized carbons (Fsp3) is 0.765. The molecular formula is C17H26N8O4. The first kappa shape index (κ1) is 19.9. The van der Waals surface area contributed by atoms with Gasteiger partial charge < -0.3 is 25.6 Å². The van der Waals surface area contributed by atoms with Crippen LogP contribution in [0.1, 0.15) is 32.1 Å². The zero-order chi connectivity index (χ0) is 20.4. The van der Waals surface area contributed by atoms with Crippen LogP contribution < -0.4 is 11.2 Å². The molecule has 0 spiro atoms. The van der Waals surface area contributed by atoms with Crippen LogP contribution in [0.5, 0.6) is 0 Å². The largest absolute Gasteiger partial charge is 0.394 e. The molecule has 6 atom stereocenters. The molecule has 4 unspecified atom stereocenters. The van der Waals surface area contributed by atoms with Crippen LogP contribution in [0.15, 0.2) is 25.3 Å². The number of fused-ring (bicyclic) bond motifs is 1. The van der Waals surface area contributed by atoms with Crippen molar-refractivity contribution in [2.45, 2.75) is 68.8 Å². The Balaban J connectivity index is 1.46. The minimum absolute atomic E-state index is 0.238. The quantitative estimate of drug-likeness (QED) is 0.261. The Kier molecular flexibility index (Phi) is 5.83. The van der Waals surface area contributed by atoms with Gasteiger partial charge in [0.15, 0.2) is 18.4 Å². The number of hydrogen-bond donors (Lipinski definition) is 4. The number of rotatable bonds is 5. The maximum atomic E-state index is 11.0. The van der Waals surface area contributed by atoms with Crippen molar-refractivity contribution in [2.75, 3.05) is 6.61 Å². The van der Waals surface area contributed by atoms with Gasteiger partial charge in [-0.2, -0.15) is 15.0 Å². The first-order chi connectivity index (χ1) is 14.1. The number of nitrogens with one attached hydrogen (secondary N) is 1. The standard InChI is InChI=1S/C17H26N8O4/c18-14-12-15(22-17(21-14)23-20-6-9-4-2-1-3-5-9)25(8-19-12)16-13(27)11(24-28)10(7-26)29-16/h6,8-13,15-16,26-27H,1-5,7H2,(H3,18,21,22,23)/b20-6-/t10?,11-,12?,13-,15?,16?/m1/s1. The molecule has 0 aromatic carbocycles. The maximum Gasteiger partial charge on any atom is 0.242 e. The van der Waals surface area contributed by atoms with Crippen LogP contribution in [0.4, 0.5) is 0 Å². The molecule has 4 aliphatic rings. The molecule has 12 nitrogen and oxygen atoms in total. The van der Waals surface area contributed by atoms with Gasteiger partial charge in [0.2, 0.25) is 5.96 Å². The van der Waals surface area contributed by atoms with E-state index >= 15 is 0 Å². The first-order valence-electron chi connectivity index (χ1n) is 9.91. The molecule has 1 saturated heterocycles. The van der Waals surface area contributed by atoms with Crippen molar-refractivity contribution in [1.82, 2.24) is 10.3 Å². The summed E-state index contributed by atoms with van der Waals surface area (Å²) in [6.07, 6.45) is 5.65. The van der Waals surface area contributed by atoms with Crippen molar-refractivity contribution >= 4 is 24.3 Å². The monoisotopic (exact) mass is 406 g/mol. The summed E-state index contributed by atoms with van der Waals surface area (Å²) in [6.45, 7) is -0.432. The van der Waals surface area contributed by atoms with E-state index in [1.54, 1.807) is 4.90 Å². The number of aliphatic imine (C=N–C) groups is 3. The third-order valence-corrected chi connectivity index (χ3v) is 5.77. The molecule has 12 heteroatoms. The molecule has 5 N–H and O–H groups in total. The molecular weight excluding hydrogens is 380 g/mol. The van der Waals surface area contributed by atoms with E-state index in [0.29, 0.717) is 5.92 Å². The summed E-state index contributed by atoms with van der Waals surface area (Å²) < 4.78 is 5.63. The van der Waals surface area contributed by atoms with Crippen molar-refractivity contribution < 1.29 is 14.9 Å². The van der Waals surface area contributed by atoms with Gasteiger partial charge in [-0.15, -0.1) is 0 Å². The summed E-state index contributed by atoms with van der Waals surface area (Å²) in [6, 6.07) is -1.61. The molecule has 0 aromatic heterocycles. The lowest BCUT2D eigenvalue weighted by Crippen LogP contribution is -2.52. The molecule has 3 aliphatic heterocycles. The number of aliphatic hydroxyl groups is 2. The number of ether oxygens (including phenoxy) is 1. The summed E-state index contributed by atoms with van der Waals surface area (Å²) in [7, 11) is 0. The molecule has 29 heavy (non-hydrogen) atoms. The van der Waals surface area contributed by atoms with E-state index in [4.69, 9.17) is 10.5 Å². The predicted octanol–water partition coefficient (Wildman–Crippen LogP) is -0.879. The topological polar surface area (TPSA) is 170 Å². The number of aliphatic hydroxyl groups excluding tert-OH is 2. The van der Waals surface area contributed by atoms with Crippen LogP contribution >= 0.6 is 0 Å². The average Bonchev–Trinajstić information content (AvgIpc) is 3.29. The van der Waals surface area contributed by atoms with Gasteiger partial charge in [0.05, 0.1) is 12.9 Å². The lowest BCUT2D eigenvalue weighted by Gasteiger charge is -2.32. The Labute approximate surface area is 167 Å². The van der Waals surface area contributed by atoms with Crippen LogP contribution in [0.2, 0.25) is 0 Å². The molecule has 2 fully saturated rings. The van der Waals surface area contributed by atoms with E-state index < -0.39 is 43.3 Å². The second-order valence-electron chi connectivity index (χ2n) is 7.68. The van der Waals surface area contributed by atoms with Crippen LogP contribution in [-0.2, 0) is 4.74 Å². The summed E-state index contributed by atoms with van der Waals surface area (Å²) in [5, 5.41) is 27.0. The molecule has 158 valence electrons. The molecule has 0 bridgehead atoms. The Hall–Kier alpha value is -2.44. The number of nitroso groups, excluding NO2 is 1. The summed E-state index contributed by atoms with van der Waals surface area (Å²) in [5.41, 5.74) is 8.88. The van der Waals surface area contributed by atoms with Crippen molar-refractivity contribution in [3.63, 3.8) is 0 Å². The average molecular weight is 406 g/mol. The van der Waals surface area contributed by atoms with E-state index in [-0.39, 0.29) is 11.8 Å². The molecule has 4 rings (SSSR count). The summed E-state index contributed by atoms with van der Waals surface area (Å²) >= 11 is 0. The number of hydrazone groups is 1. The highest BCUT2D eigenvalue weighted by molar-refractivity contribution is 6.01. The number of hydrogen-bond acceptors (Lipinski definition) is 12. The minimum atomic E-state index is -1.23. The van der Waals surface area contributed by atoms with Gasteiger partial charge in [0.25, 0.3) is 0 Å². The Morgan fingerprint density at radius 3 is 2.86 bits per heavy atom. The third kappa shape index (κ3) is 3.87. The minimum Gasteiger partial charge on any atom is -0.394 e. The van der Waals surface area contributed by atoms with E-state index in [0.717, 1.165) is 12.8 Å². The first-order valence-corrected chi connectivity index (χ1v) is 9.91. The van der Waals surface area contributed by atoms with E-state index in [1.165, 1.54) is 25.6 Å². The van der Waals surface area contributed by atoms with Gasteiger partial charge in [-0.25, -0.2) is 10.4 Å². The lowest BCUT2D eigenvalue weighted by molar-refractivity contribution is -0.0774. The molecule has 0 amide bonds. The molecule has 0 aromatic rings. The Morgan fingerprint density at radius 1 is 1.38 bits per heavy atom. The zero-order valence-corrected chi connectivity index (χ0v) is 15.9. The smallest absolute Gasteiger partial charge is 0.242 e. The Morgan fingerprint density at radius 2 is 2.17 bits per heavy atom. The molecule has 1 saturated carbocycles. The van der Waals surface area contributed by atoms with E-state index in [1.807, 2.05) is 6.21 Å². The van der Waals surface area contributed by atoms with Crippen molar-refractivity contribution in [3.8, 4) is 0 Å². The highest BCUT2D eigenvalue weighted by atomic mass is 16.6. The van der Waals surface area contributed by atoms with Crippen molar-refractivity contribution in [1.29, 1.82) is 0 Å². The van der Waals surface area contributed by atoms with Gasteiger partial charge in [-0.1, -0.05) is 24.4 Å². The molecule has 1 aliphatic carbocycles. The Bertz CT molecular complexity index is 735. The second kappa shape index (κ2) is 8.51. The van der Waals surface area contributed by atoms with Crippen molar-refractivity contribution in [2.24, 2.45) is 36.9 Å². The highest BCUT2D eigenvalue weighted by Crippen LogP contribution is 2.31. The number of guanidine groups is 1. The van der Waals surface area contributed by atoms with Gasteiger partial charge >= 0.3 is 0 Å². The fourth-order valence-corrected chi connectivity index (χ4v) is 4.18. The normalized spacial score (nSPS) is 37.5. The number of nitrogens with zero attached hydrogens (tertiary/aromatic N) is 6. The van der Waals surface area contributed by atoms with Gasteiger partial charge in [-0.3, -0.25) is 4.99 Å².